The van der Waals surface area contributed by atoms with Crippen LogP contribution in [0.15, 0.2) is 24.3 Å². The molecule has 0 spiro atoms. The van der Waals surface area contributed by atoms with Crippen molar-refractivity contribution in [3.05, 3.63) is 39.9 Å². The second kappa shape index (κ2) is 6.59. The Morgan fingerprint density at radius 1 is 1.29 bits per heavy atom. The Labute approximate surface area is 98.4 Å². The van der Waals surface area contributed by atoms with Crippen molar-refractivity contribution in [1.82, 2.24) is 5.48 Å². The number of nitrogens with one attached hydrogen (secondary N) is 1. The van der Waals surface area contributed by atoms with Gasteiger partial charge in [-0.05, 0) is 24.8 Å². The van der Waals surface area contributed by atoms with E-state index >= 15 is 0 Å². The molecule has 1 amide bonds. The number of nitrogens with zero attached hydrogens (tertiary/aromatic N) is 1. The first-order valence-electron chi connectivity index (χ1n) is 5.29. The highest BCUT2D eigenvalue weighted by molar-refractivity contribution is 5.74. The van der Waals surface area contributed by atoms with E-state index in [0.29, 0.717) is 6.42 Å². The number of unbranched alkanes of at least 4 members (excludes halogenated alkanes) is 1. The largest absolute Gasteiger partial charge is 0.289 e. The summed E-state index contributed by atoms with van der Waals surface area (Å²) in [5.74, 6) is -0.395. The van der Waals surface area contributed by atoms with E-state index in [4.69, 9.17) is 5.21 Å². The predicted octanol–water partition coefficient (Wildman–Crippen LogP) is 1.81. The van der Waals surface area contributed by atoms with Crippen molar-refractivity contribution < 1.29 is 14.9 Å². The molecule has 0 radical (unpaired) electrons. The van der Waals surface area contributed by atoms with Crippen molar-refractivity contribution in [1.29, 1.82) is 0 Å². The number of amides is 1. The minimum absolute atomic E-state index is 0.0772. The molecule has 0 unspecified atom stereocenters. The molecule has 0 aliphatic rings. The van der Waals surface area contributed by atoms with Crippen LogP contribution in [0.5, 0.6) is 0 Å². The summed E-state index contributed by atoms with van der Waals surface area (Å²) in [6.07, 6.45) is 2.51. The van der Waals surface area contributed by atoms with Crippen LogP contribution >= 0.6 is 0 Å². The lowest BCUT2D eigenvalue weighted by molar-refractivity contribution is -0.384. The Balaban J connectivity index is 2.32. The lowest BCUT2D eigenvalue weighted by Gasteiger charge is -2.01. The van der Waals surface area contributed by atoms with Gasteiger partial charge in [0.2, 0.25) is 5.91 Å². The monoisotopic (exact) mass is 238 g/mol. The third-order valence-corrected chi connectivity index (χ3v) is 2.39. The number of rotatable bonds is 6. The third kappa shape index (κ3) is 4.60. The lowest BCUT2D eigenvalue weighted by atomic mass is 10.1. The smallest absolute Gasteiger partial charge is 0.269 e. The first-order valence-corrected chi connectivity index (χ1v) is 5.29. The van der Waals surface area contributed by atoms with Crippen LogP contribution < -0.4 is 5.48 Å². The van der Waals surface area contributed by atoms with Gasteiger partial charge in [0, 0.05) is 18.6 Å². The molecule has 1 aromatic carbocycles. The first kappa shape index (κ1) is 13.1. The average molecular weight is 238 g/mol. The molecule has 92 valence electrons. The van der Waals surface area contributed by atoms with Crippen LogP contribution in [0, 0.1) is 10.1 Å². The maximum absolute atomic E-state index is 10.7. The molecule has 1 rings (SSSR count). The highest BCUT2D eigenvalue weighted by atomic mass is 16.6. The standard InChI is InChI=1S/C11H14N2O4/c14-11(12-15)4-2-1-3-9-5-7-10(8-6-9)13(16)17/h5-8,15H,1-4H2,(H,12,14). The summed E-state index contributed by atoms with van der Waals surface area (Å²) in [5.41, 5.74) is 2.65. The van der Waals surface area contributed by atoms with Crippen LogP contribution in [-0.2, 0) is 11.2 Å². The Morgan fingerprint density at radius 3 is 2.47 bits per heavy atom. The molecule has 0 saturated heterocycles. The van der Waals surface area contributed by atoms with Gasteiger partial charge in [0.1, 0.15) is 0 Å². The molecule has 2 N–H and O–H groups in total. The van der Waals surface area contributed by atoms with Crippen molar-refractivity contribution in [3.8, 4) is 0 Å². The maximum Gasteiger partial charge on any atom is 0.269 e. The number of carbonyl (C=O) groups excluding carboxylic acids is 1. The van der Waals surface area contributed by atoms with E-state index in [1.165, 1.54) is 12.1 Å². The number of hydroxylamine groups is 1. The Bertz CT molecular complexity index is 389. The topological polar surface area (TPSA) is 92.5 Å². The number of aryl methyl sites for hydroxylation is 1. The van der Waals surface area contributed by atoms with Gasteiger partial charge in [-0.3, -0.25) is 20.1 Å². The van der Waals surface area contributed by atoms with E-state index in [9.17, 15) is 14.9 Å². The maximum atomic E-state index is 10.7. The van der Waals surface area contributed by atoms with Gasteiger partial charge < -0.3 is 0 Å². The normalized spacial score (nSPS) is 9.94. The molecule has 0 atom stereocenters. The van der Waals surface area contributed by atoms with Crippen molar-refractivity contribution in [2.24, 2.45) is 0 Å². The fourth-order valence-electron chi connectivity index (χ4n) is 1.45. The van der Waals surface area contributed by atoms with Gasteiger partial charge in [0.25, 0.3) is 5.69 Å². The fraction of sp³-hybridized carbons (Fsp3) is 0.364. The molecular weight excluding hydrogens is 224 g/mol. The number of hydrogen-bond donors (Lipinski definition) is 2. The van der Waals surface area contributed by atoms with Crippen molar-refractivity contribution in [2.45, 2.75) is 25.7 Å². The number of nitro groups is 1. The summed E-state index contributed by atoms with van der Waals surface area (Å²) in [6, 6.07) is 6.36. The van der Waals surface area contributed by atoms with Crippen molar-refractivity contribution in [2.75, 3.05) is 0 Å². The number of nitro benzene ring substituents is 1. The molecule has 0 saturated carbocycles. The van der Waals surface area contributed by atoms with Crippen LogP contribution in [0.3, 0.4) is 0 Å². The van der Waals surface area contributed by atoms with Crippen LogP contribution in [0.4, 0.5) is 5.69 Å². The predicted molar refractivity (Wildman–Crippen MR) is 60.6 cm³/mol. The molecule has 0 aliphatic heterocycles. The second-order valence-electron chi connectivity index (χ2n) is 3.67. The molecule has 0 heterocycles. The highest BCUT2D eigenvalue weighted by Crippen LogP contribution is 2.13. The Morgan fingerprint density at radius 2 is 1.94 bits per heavy atom. The fourth-order valence-corrected chi connectivity index (χ4v) is 1.45. The van der Waals surface area contributed by atoms with Gasteiger partial charge >= 0.3 is 0 Å². The van der Waals surface area contributed by atoms with E-state index in [1.54, 1.807) is 17.6 Å². The minimum atomic E-state index is -0.435. The van der Waals surface area contributed by atoms with E-state index in [2.05, 4.69) is 0 Å². The molecule has 0 bridgehead atoms. The third-order valence-electron chi connectivity index (χ3n) is 2.39. The Hall–Kier alpha value is -1.95. The zero-order valence-corrected chi connectivity index (χ0v) is 9.26. The second-order valence-corrected chi connectivity index (χ2v) is 3.67. The van der Waals surface area contributed by atoms with Crippen LogP contribution in [0.2, 0.25) is 0 Å². The number of non-ortho nitro benzene ring substituents is 1. The number of hydrogen-bond acceptors (Lipinski definition) is 4. The van der Waals surface area contributed by atoms with E-state index in [0.717, 1.165) is 18.4 Å². The molecule has 0 fully saturated rings. The molecule has 0 aromatic heterocycles. The first-order chi connectivity index (χ1) is 8.13. The van der Waals surface area contributed by atoms with Crippen LogP contribution in [-0.4, -0.2) is 16.0 Å². The number of carbonyl (C=O) groups is 1. The highest BCUT2D eigenvalue weighted by Gasteiger charge is 2.04. The van der Waals surface area contributed by atoms with Crippen LogP contribution in [0.25, 0.3) is 0 Å². The lowest BCUT2D eigenvalue weighted by Crippen LogP contribution is -2.17. The zero-order chi connectivity index (χ0) is 12.7. The SMILES string of the molecule is O=C(CCCCc1ccc([N+](=O)[O-])cc1)NO. The summed E-state index contributed by atoms with van der Waals surface area (Å²) < 4.78 is 0. The minimum Gasteiger partial charge on any atom is -0.289 e. The molecule has 6 heteroatoms. The molecule has 1 aromatic rings. The van der Waals surface area contributed by atoms with E-state index in [-0.39, 0.29) is 12.1 Å². The van der Waals surface area contributed by atoms with Gasteiger partial charge in [-0.2, -0.15) is 0 Å². The van der Waals surface area contributed by atoms with Gasteiger partial charge in [-0.15, -0.1) is 0 Å². The van der Waals surface area contributed by atoms with Crippen molar-refractivity contribution >= 4 is 11.6 Å². The molecule has 17 heavy (non-hydrogen) atoms. The van der Waals surface area contributed by atoms with E-state index in [1.807, 2.05) is 0 Å². The summed E-state index contributed by atoms with van der Waals surface area (Å²) >= 11 is 0. The molecule has 0 aliphatic carbocycles. The molecule has 6 nitrogen and oxygen atoms in total. The summed E-state index contributed by atoms with van der Waals surface area (Å²) in [5, 5.41) is 18.7. The quantitative estimate of drug-likeness (QED) is 0.342. The summed E-state index contributed by atoms with van der Waals surface area (Å²) in [4.78, 5) is 20.7. The van der Waals surface area contributed by atoms with Crippen molar-refractivity contribution in [3.63, 3.8) is 0 Å². The van der Waals surface area contributed by atoms with Gasteiger partial charge in [-0.25, -0.2) is 5.48 Å². The van der Waals surface area contributed by atoms with Gasteiger partial charge in [-0.1, -0.05) is 12.1 Å². The Kier molecular flexibility index (Phi) is 5.09. The van der Waals surface area contributed by atoms with Gasteiger partial charge in [0.15, 0.2) is 0 Å². The van der Waals surface area contributed by atoms with Gasteiger partial charge in [0.05, 0.1) is 4.92 Å². The zero-order valence-electron chi connectivity index (χ0n) is 9.26. The van der Waals surface area contributed by atoms with Crippen LogP contribution in [0.1, 0.15) is 24.8 Å². The molecular formula is C11H14N2O4. The van der Waals surface area contributed by atoms with E-state index < -0.39 is 10.8 Å². The average Bonchev–Trinajstić information content (AvgIpc) is 2.34. The number of benzene rings is 1. The summed E-state index contributed by atoms with van der Waals surface area (Å²) in [6.45, 7) is 0. The summed E-state index contributed by atoms with van der Waals surface area (Å²) in [7, 11) is 0.